The molecule has 1 aliphatic heterocycles. The Bertz CT molecular complexity index is 1350. The lowest BCUT2D eigenvalue weighted by molar-refractivity contribution is -0.384. The van der Waals surface area contributed by atoms with Crippen molar-refractivity contribution in [3.05, 3.63) is 99.1 Å². The quantitative estimate of drug-likeness (QED) is 0.327. The lowest BCUT2D eigenvalue weighted by Gasteiger charge is -2.54. The van der Waals surface area contributed by atoms with E-state index >= 15 is 0 Å². The van der Waals surface area contributed by atoms with E-state index in [-0.39, 0.29) is 34.9 Å². The fraction of sp³-hybridized carbons (Fsp3) is 0.259. The topological polar surface area (TPSA) is 89.8 Å². The molecule has 3 aromatic rings. The fourth-order valence-electron chi connectivity index (χ4n) is 6.73. The third-order valence-electron chi connectivity index (χ3n) is 7.97. The molecule has 34 heavy (non-hydrogen) atoms. The summed E-state index contributed by atoms with van der Waals surface area (Å²) >= 11 is 0. The van der Waals surface area contributed by atoms with Crippen LogP contribution in [-0.4, -0.2) is 23.8 Å². The number of carbonyl (C=O) groups is 2. The van der Waals surface area contributed by atoms with Gasteiger partial charge >= 0.3 is 0 Å². The molecule has 7 heteroatoms. The van der Waals surface area contributed by atoms with Crippen molar-refractivity contribution < 1.29 is 19.2 Å². The first kappa shape index (κ1) is 20.6. The van der Waals surface area contributed by atoms with E-state index < -0.39 is 22.2 Å². The van der Waals surface area contributed by atoms with Crippen molar-refractivity contribution >= 4 is 23.2 Å². The van der Waals surface area contributed by atoms with Gasteiger partial charge in [0.05, 0.1) is 35.6 Å². The minimum absolute atomic E-state index is 0.127. The first-order valence-corrected chi connectivity index (χ1v) is 11.3. The van der Waals surface area contributed by atoms with Gasteiger partial charge in [-0.25, -0.2) is 4.90 Å². The number of hydrogen-bond donors (Lipinski definition) is 0. The zero-order valence-corrected chi connectivity index (χ0v) is 18.7. The van der Waals surface area contributed by atoms with Crippen LogP contribution in [0.5, 0.6) is 5.75 Å². The number of imide groups is 1. The Morgan fingerprint density at radius 3 is 2.15 bits per heavy atom. The predicted octanol–water partition coefficient (Wildman–Crippen LogP) is 4.56. The summed E-state index contributed by atoms with van der Waals surface area (Å²) in [6.45, 7) is 2.07. The normalized spacial score (nSPS) is 26.2. The van der Waals surface area contributed by atoms with Gasteiger partial charge < -0.3 is 4.74 Å². The Balaban J connectivity index is 1.59. The summed E-state index contributed by atoms with van der Waals surface area (Å²) < 4.78 is 5.39. The summed E-state index contributed by atoms with van der Waals surface area (Å²) in [5, 5.41) is 11.3. The lowest BCUT2D eigenvalue weighted by atomic mass is 9.46. The molecule has 0 N–H and O–H groups in total. The molecule has 0 aromatic heterocycles. The maximum absolute atomic E-state index is 14.1. The monoisotopic (exact) mass is 454 g/mol. The van der Waals surface area contributed by atoms with Crippen molar-refractivity contribution in [2.45, 2.75) is 24.7 Å². The van der Waals surface area contributed by atoms with Crippen LogP contribution in [-0.2, 0) is 15.0 Å². The molecular weight excluding hydrogens is 432 g/mol. The zero-order chi connectivity index (χ0) is 23.8. The summed E-state index contributed by atoms with van der Waals surface area (Å²) in [4.78, 5) is 40.1. The Morgan fingerprint density at radius 1 is 0.971 bits per heavy atom. The number of hydrogen-bond acceptors (Lipinski definition) is 5. The van der Waals surface area contributed by atoms with Crippen molar-refractivity contribution in [3.63, 3.8) is 0 Å². The summed E-state index contributed by atoms with van der Waals surface area (Å²) in [5.41, 5.74) is 3.88. The summed E-state index contributed by atoms with van der Waals surface area (Å²) in [5.74, 6) is -1.76. The number of nitrogens with zero attached hydrogens (tertiary/aromatic N) is 2. The van der Waals surface area contributed by atoms with E-state index in [1.54, 1.807) is 0 Å². The maximum Gasteiger partial charge on any atom is 0.273 e. The molecule has 1 heterocycles. The highest BCUT2D eigenvalue weighted by Gasteiger charge is 2.67. The van der Waals surface area contributed by atoms with Crippen LogP contribution in [0.4, 0.5) is 11.4 Å². The molecule has 0 spiro atoms. The second-order valence-electron chi connectivity index (χ2n) is 9.11. The molecule has 3 aromatic carbocycles. The van der Waals surface area contributed by atoms with Gasteiger partial charge in [-0.15, -0.1) is 0 Å². The summed E-state index contributed by atoms with van der Waals surface area (Å²) in [6.07, 6.45) is 0.666. The Morgan fingerprint density at radius 2 is 1.59 bits per heavy atom. The minimum Gasteiger partial charge on any atom is -0.494 e. The van der Waals surface area contributed by atoms with Gasteiger partial charge in [-0.3, -0.25) is 19.7 Å². The third-order valence-corrected chi connectivity index (χ3v) is 7.97. The number of non-ortho nitro benzene ring substituents is 1. The standard InChI is InChI=1S/C27H22N2O5/c1-3-27-18-10-6-4-8-16(18)22(17-9-5-7-11-19(17)27)23-24(27)26(31)28(25(23)30)20-13-12-15(29(32)33)14-21(20)34-2/h4-14,22-24H,3H2,1-2H3/t22?,23-,24-,27?/m0/s1. The number of nitro benzene ring substituents is 1. The van der Waals surface area contributed by atoms with E-state index in [1.165, 1.54) is 30.2 Å². The first-order chi connectivity index (χ1) is 16.5. The number of benzene rings is 3. The van der Waals surface area contributed by atoms with Gasteiger partial charge in [-0.2, -0.15) is 0 Å². The first-order valence-electron chi connectivity index (χ1n) is 11.3. The molecule has 0 radical (unpaired) electrons. The van der Waals surface area contributed by atoms with Gasteiger partial charge in [-0.05, 0) is 34.7 Å². The van der Waals surface area contributed by atoms with Crippen LogP contribution < -0.4 is 9.64 Å². The molecule has 3 aliphatic carbocycles. The Hall–Kier alpha value is -4.00. The van der Waals surface area contributed by atoms with E-state index in [4.69, 9.17) is 4.74 Å². The molecule has 0 unspecified atom stereocenters. The van der Waals surface area contributed by atoms with Gasteiger partial charge in [0, 0.05) is 17.4 Å². The van der Waals surface area contributed by atoms with Crippen molar-refractivity contribution in [2.75, 3.05) is 12.0 Å². The van der Waals surface area contributed by atoms with E-state index in [2.05, 4.69) is 31.2 Å². The van der Waals surface area contributed by atoms with Crippen molar-refractivity contribution in [1.82, 2.24) is 0 Å². The number of carbonyl (C=O) groups excluding carboxylic acids is 2. The van der Waals surface area contributed by atoms with Gasteiger partial charge in [0.15, 0.2) is 0 Å². The van der Waals surface area contributed by atoms with Crippen molar-refractivity contribution in [2.24, 2.45) is 11.8 Å². The van der Waals surface area contributed by atoms with Crippen LogP contribution in [0.2, 0.25) is 0 Å². The van der Waals surface area contributed by atoms with E-state index in [9.17, 15) is 19.7 Å². The largest absolute Gasteiger partial charge is 0.494 e. The highest BCUT2D eigenvalue weighted by atomic mass is 16.6. The molecule has 1 fully saturated rings. The van der Waals surface area contributed by atoms with Crippen molar-refractivity contribution in [1.29, 1.82) is 0 Å². The molecule has 2 amide bonds. The number of anilines is 1. The lowest BCUT2D eigenvalue weighted by Crippen LogP contribution is -2.53. The predicted molar refractivity (Wildman–Crippen MR) is 125 cm³/mol. The number of methoxy groups -OCH3 is 1. The SMILES string of the molecule is CCC12c3ccccc3C(c3ccccc31)[C@@H]1C(=O)N(c3ccc([N+](=O)[O-])cc3OC)C(=O)[C@H]12. The van der Waals surface area contributed by atoms with Crippen LogP contribution in [0.3, 0.4) is 0 Å². The van der Waals surface area contributed by atoms with E-state index in [0.717, 1.165) is 22.3 Å². The number of amides is 2. The average Bonchev–Trinajstić information content (AvgIpc) is 3.14. The zero-order valence-electron chi connectivity index (χ0n) is 18.7. The highest BCUT2D eigenvalue weighted by molar-refractivity contribution is 6.24. The molecule has 2 atom stereocenters. The smallest absolute Gasteiger partial charge is 0.273 e. The third kappa shape index (κ3) is 2.31. The Labute approximate surface area is 196 Å². The van der Waals surface area contributed by atoms with E-state index in [1.807, 2.05) is 24.3 Å². The molecule has 0 saturated carbocycles. The molecule has 170 valence electrons. The summed E-state index contributed by atoms with van der Waals surface area (Å²) in [7, 11) is 1.38. The second-order valence-corrected chi connectivity index (χ2v) is 9.11. The Kier molecular flexibility index (Phi) is 4.24. The molecule has 7 rings (SSSR count). The maximum atomic E-state index is 14.1. The number of nitro groups is 1. The molecular formula is C27H22N2O5. The van der Waals surface area contributed by atoms with Gasteiger partial charge in [0.25, 0.3) is 5.69 Å². The molecule has 7 nitrogen and oxygen atoms in total. The molecule has 1 saturated heterocycles. The highest BCUT2D eigenvalue weighted by Crippen LogP contribution is 2.65. The van der Waals surface area contributed by atoms with E-state index in [0.29, 0.717) is 6.42 Å². The molecule has 2 bridgehead atoms. The van der Waals surface area contributed by atoms with Crippen LogP contribution in [0, 0.1) is 22.0 Å². The number of rotatable bonds is 4. The van der Waals surface area contributed by atoms with Crippen LogP contribution in [0.25, 0.3) is 0 Å². The van der Waals surface area contributed by atoms with Gasteiger partial charge in [-0.1, -0.05) is 55.5 Å². The van der Waals surface area contributed by atoms with Crippen molar-refractivity contribution in [3.8, 4) is 5.75 Å². The fourth-order valence-corrected chi connectivity index (χ4v) is 6.73. The van der Waals surface area contributed by atoms with Gasteiger partial charge in [0.2, 0.25) is 11.8 Å². The minimum atomic E-state index is -0.623. The average molecular weight is 454 g/mol. The molecule has 4 aliphatic rings. The number of ether oxygens (including phenoxy) is 1. The van der Waals surface area contributed by atoms with Crippen LogP contribution in [0.1, 0.15) is 41.5 Å². The van der Waals surface area contributed by atoms with Gasteiger partial charge in [0.1, 0.15) is 5.75 Å². The van der Waals surface area contributed by atoms with Crippen LogP contribution in [0.15, 0.2) is 66.7 Å². The van der Waals surface area contributed by atoms with Crippen LogP contribution >= 0.6 is 0 Å². The second kappa shape index (κ2) is 7.00. The summed E-state index contributed by atoms with van der Waals surface area (Å²) in [6, 6.07) is 20.3.